The first-order chi connectivity index (χ1) is 11.2. The van der Waals surface area contributed by atoms with Crippen LogP contribution >= 0.6 is 0 Å². The van der Waals surface area contributed by atoms with Crippen LogP contribution in [0, 0.1) is 40.7 Å². The molecule has 126 valence electrons. The van der Waals surface area contributed by atoms with Gasteiger partial charge in [0.05, 0.1) is 11.5 Å². The van der Waals surface area contributed by atoms with Gasteiger partial charge in [-0.3, -0.25) is 0 Å². The van der Waals surface area contributed by atoms with Crippen LogP contribution in [-0.4, -0.2) is 0 Å². The molecule has 0 spiro atoms. The van der Waals surface area contributed by atoms with E-state index >= 15 is 0 Å². The first kappa shape index (κ1) is 16.4. The Morgan fingerprint density at radius 3 is 1.79 bits per heavy atom. The van der Waals surface area contributed by atoms with Gasteiger partial charge < -0.3 is 0 Å². The van der Waals surface area contributed by atoms with Crippen molar-refractivity contribution in [3.63, 3.8) is 0 Å². The van der Waals surface area contributed by atoms with Crippen LogP contribution in [-0.2, 0) is 0 Å². The molecule has 1 atom stereocenters. The van der Waals surface area contributed by atoms with E-state index in [1.54, 1.807) is 0 Å². The Bertz CT molecular complexity index is 914. The minimum atomic E-state index is -2.43. The highest BCUT2D eigenvalue weighted by Crippen LogP contribution is 2.50. The summed E-state index contributed by atoms with van der Waals surface area (Å²) in [6, 6.07) is 0.796. The smallest absolute Gasteiger partial charge is 0.198 e. The zero-order chi connectivity index (χ0) is 17.9. The molecule has 0 aromatic heterocycles. The van der Waals surface area contributed by atoms with Crippen LogP contribution in [0.3, 0.4) is 0 Å². The SMILES string of the molecule is FC1=C(F)C(c2ccc(F)c(F)c2F)c2c(F)c(F)c(F)c(F)c21. The van der Waals surface area contributed by atoms with Gasteiger partial charge in [-0.05, 0) is 6.07 Å². The Balaban J connectivity index is 2.38. The van der Waals surface area contributed by atoms with Crippen molar-refractivity contribution >= 4 is 5.83 Å². The molecule has 24 heavy (non-hydrogen) atoms. The molecule has 0 heterocycles. The zero-order valence-electron chi connectivity index (χ0n) is 11.1. The topological polar surface area (TPSA) is 0 Å². The van der Waals surface area contributed by atoms with Crippen molar-refractivity contribution in [3.8, 4) is 0 Å². The number of hydrogen-bond donors (Lipinski definition) is 0. The fraction of sp³-hybridized carbons (Fsp3) is 0.0667. The van der Waals surface area contributed by atoms with Gasteiger partial charge in [0.15, 0.2) is 46.5 Å². The maximum absolute atomic E-state index is 14.0. The van der Waals surface area contributed by atoms with E-state index in [9.17, 15) is 39.5 Å². The third-order valence-electron chi connectivity index (χ3n) is 3.65. The Labute approximate surface area is 127 Å². The molecule has 0 saturated carbocycles. The molecule has 1 aliphatic carbocycles. The van der Waals surface area contributed by atoms with Gasteiger partial charge in [-0.2, -0.15) is 0 Å². The normalized spacial score (nSPS) is 16.8. The number of rotatable bonds is 1. The van der Waals surface area contributed by atoms with E-state index in [0.29, 0.717) is 12.1 Å². The van der Waals surface area contributed by atoms with Crippen molar-refractivity contribution in [3.05, 3.63) is 75.4 Å². The molecule has 0 amide bonds. The summed E-state index contributed by atoms with van der Waals surface area (Å²) in [5, 5.41) is 0. The second-order valence-corrected chi connectivity index (χ2v) is 4.90. The zero-order valence-corrected chi connectivity index (χ0v) is 11.1. The van der Waals surface area contributed by atoms with Gasteiger partial charge in [0.25, 0.3) is 0 Å². The highest BCUT2D eigenvalue weighted by atomic mass is 19.2. The molecule has 0 aliphatic heterocycles. The van der Waals surface area contributed by atoms with Crippen LogP contribution in [0.4, 0.5) is 39.5 Å². The third-order valence-corrected chi connectivity index (χ3v) is 3.65. The maximum Gasteiger partial charge on any atom is 0.198 e. The van der Waals surface area contributed by atoms with Gasteiger partial charge in [-0.1, -0.05) is 6.07 Å². The summed E-state index contributed by atoms with van der Waals surface area (Å²) < 4.78 is 122. The summed E-state index contributed by atoms with van der Waals surface area (Å²) in [7, 11) is 0. The van der Waals surface area contributed by atoms with E-state index in [2.05, 4.69) is 0 Å². The predicted molar refractivity (Wildman–Crippen MR) is 63.6 cm³/mol. The fourth-order valence-corrected chi connectivity index (χ4v) is 2.56. The Morgan fingerprint density at radius 2 is 1.17 bits per heavy atom. The Kier molecular flexibility index (Phi) is 3.61. The number of fused-ring (bicyclic) bond motifs is 1. The summed E-state index contributed by atoms with van der Waals surface area (Å²) in [5.41, 5.74) is -4.06. The van der Waals surface area contributed by atoms with Crippen molar-refractivity contribution in [2.24, 2.45) is 0 Å². The van der Waals surface area contributed by atoms with E-state index in [-0.39, 0.29) is 0 Å². The lowest BCUT2D eigenvalue weighted by Gasteiger charge is -2.15. The molecule has 0 radical (unpaired) electrons. The highest BCUT2D eigenvalue weighted by Gasteiger charge is 2.43. The summed E-state index contributed by atoms with van der Waals surface area (Å²) in [6.45, 7) is 0. The van der Waals surface area contributed by atoms with Crippen LogP contribution in [0.5, 0.6) is 0 Å². The Morgan fingerprint density at radius 1 is 0.583 bits per heavy atom. The van der Waals surface area contributed by atoms with Crippen molar-refractivity contribution in [2.75, 3.05) is 0 Å². The van der Waals surface area contributed by atoms with Crippen LogP contribution < -0.4 is 0 Å². The monoisotopic (exact) mass is 354 g/mol. The molecule has 0 N–H and O–H groups in total. The van der Waals surface area contributed by atoms with Crippen molar-refractivity contribution in [2.45, 2.75) is 5.92 Å². The molecule has 0 saturated heterocycles. The minimum Gasteiger partial charge on any atom is -0.208 e. The van der Waals surface area contributed by atoms with Crippen LogP contribution in [0.15, 0.2) is 18.0 Å². The molecule has 0 nitrogen and oxygen atoms in total. The molecule has 2 aromatic rings. The van der Waals surface area contributed by atoms with E-state index < -0.39 is 75.0 Å². The quantitative estimate of drug-likeness (QED) is 0.365. The van der Waals surface area contributed by atoms with Gasteiger partial charge in [0.1, 0.15) is 5.83 Å². The van der Waals surface area contributed by atoms with Gasteiger partial charge in [0.2, 0.25) is 0 Å². The number of allylic oxidation sites excluding steroid dienone is 1. The largest absolute Gasteiger partial charge is 0.208 e. The molecular formula is C15H3F9. The van der Waals surface area contributed by atoms with Crippen LogP contribution in [0.2, 0.25) is 0 Å². The standard InChI is InChI=1S/C15H3F9/c16-4-2-1-3(8(17)9(4)18)5-6-7(12(21)10(5)19)13(22)15(24)14(23)11(6)20/h1-2,5H. The Hall–Kier alpha value is -2.45. The van der Waals surface area contributed by atoms with E-state index in [1.807, 2.05) is 0 Å². The van der Waals surface area contributed by atoms with Crippen molar-refractivity contribution < 1.29 is 39.5 Å². The molecule has 0 fully saturated rings. The summed E-state index contributed by atoms with van der Waals surface area (Å²) in [5.74, 6) is -21.4. The first-order valence-corrected chi connectivity index (χ1v) is 6.23. The third kappa shape index (κ3) is 1.96. The fourth-order valence-electron chi connectivity index (χ4n) is 2.56. The maximum atomic E-state index is 14.0. The molecule has 3 rings (SSSR count). The molecular weight excluding hydrogens is 351 g/mol. The van der Waals surface area contributed by atoms with Gasteiger partial charge in [-0.15, -0.1) is 0 Å². The highest BCUT2D eigenvalue weighted by molar-refractivity contribution is 5.75. The molecule has 9 heteroatoms. The van der Waals surface area contributed by atoms with Gasteiger partial charge in [-0.25, -0.2) is 39.5 Å². The van der Waals surface area contributed by atoms with E-state index in [0.717, 1.165) is 0 Å². The lowest BCUT2D eigenvalue weighted by Crippen LogP contribution is -2.10. The van der Waals surface area contributed by atoms with Crippen molar-refractivity contribution in [1.82, 2.24) is 0 Å². The second-order valence-electron chi connectivity index (χ2n) is 4.90. The number of hydrogen-bond acceptors (Lipinski definition) is 0. The van der Waals surface area contributed by atoms with Gasteiger partial charge in [0, 0.05) is 11.1 Å². The van der Waals surface area contributed by atoms with Crippen molar-refractivity contribution in [1.29, 1.82) is 0 Å². The average Bonchev–Trinajstić information content (AvgIpc) is 2.81. The van der Waals surface area contributed by atoms with Crippen LogP contribution in [0.1, 0.15) is 22.6 Å². The van der Waals surface area contributed by atoms with Gasteiger partial charge >= 0.3 is 0 Å². The minimum absolute atomic E-state index is 0.338. The molecule has 0 bridgehead atoms. The number of benzene rings is 2. The molecule has 1 unspecified atom stereocenters. The predicted octanol–water partition coefficient (Wildman–Crippen LogP) is 5.41. The second kappa shape index (κ2) is 5.29. The summed E-state index contributed by atoms with van der Waals surface area (Å²) in [6.07, 6.45) is 0. The first-order valence-electron chi connectivity index (χ1n) is 6.23. The summed E-state index contributed by atoms with van der Waals surface area (Å²) >= 11 is 0. The number of halogens is 9. The van der Waals surface area contributed by atoms with E-state index in [4.69, 9.17) is 0 Å². The van der Waals surface area contributed by atoms with Crippen LogP contribution in [0.25, 0.3) is 5.83 Å². The summed E-state index contributed by atoms with van der Waals surface area (Å²) in [4.78, 5) is 0. The molecule has 1 aliphatic rings. The lowest BCUT2D eigenvalue weighted by molar-refractivity contribution is 0.399. The average molecular weight is 354 g/mol. The van der Waals surface area contributed by atoms with E-state index in [1.165, 1.54) is 0 Å². The lowest BCUT2D eigenvalue weighted by atomic mass is 9.91. The molecule has 2 aromatic carbocycles.